The maximum absolute atomic E-state index is 12.2. The van der Waals surface area contributed by atoms with Crippen LogP contribution in [-0.4, -0.2) is 40.2 Å². The van der Waals surface area contributed by atoms with Gasteiger partial charge in [-0.2, -0.15) is 5.10 Å². The molecule has 3 rings (SSSR count). The lowest BCUT2D eigenvalue weighted by Gasteiger charge is -2.35. The van der Waals surface area contributed by atoms with Gasteiger partial charge in [0, 0.05) is 36.9 Å². The largest absolute Gasteiger partial charge is 0.354 e. The normalized spacial score (nSPS) is 16.5. The molecule has 1 aromatic carbocycles. The number of halogens is 1. The first kappa shape index (κ1) is 18.0. The molecule has 25 heavy (non-hydrogen) atoms. The molecule has 1 amide bonds. The number of piperidine rings is 1. The Balaban J connectivity index is 1.58. The maximum Gasteiger partial charge on any atom is 0.221 e. The van der Waals surface area contributed by atoms with Crippen molar-refractivity contribution in [3.63, 3.8) is 0 Å². The summed E-state index contributed by atoms with van der Waals surface area (Å²) in [5.41, 5.74) is 1.21. The van der Waals surface area contributed by atoms with Crippen molar-refractivity contribution >= 4 is 17.5 Å². The SMILES string of the molecule is O=C(CCn1cccn1)NCC(c1ccc(Cl)cc1)N1CCCCC1. The van der Waals surface area contributed by atoms with E-state index in [0.717, 1.165) is 18.1 Å². The molecule has 0 spiro atoms. The molecule has 1 aliphatic heterocycles. The summed E-state index contributed by atoms with van der Waals surface area (Å²) >= 11 is 6.03. The van der Waals surface area contributed by atoms with Crippen LogP contribution in [0.3, 0.4) is 0 Å². The lowest BCUT2D eigenvalue weighted by Crippen LogP contribution is -2.40. The van der Waals surface area contributed by atoms with E-state index >= 15 is 0 Å². The first-order valence-corrected chi connectivity index (χ1v) is 9.34. The van der Waals surface area contributed by atoms with Crippen LogP contribution in [0.15, 0.2) is 42.7 Å². The molecule has 0 aliphatic carbocycles. The number of amides is 1. The average molecular weight is 361 g/mol. The van der Waals surface area contributed by atoms with Gasteiger partial charge in [0.15, 0.2) is 0 Å². The minimum Gasteiger partial charge on any atom is -0.354 e. The molecule has 1 unspecified atom stereocenters. The highest BCUT2D eigenvalue weighted by atomic mass is 35.5. The number of carbonyl (C=O) groups is 1. The van der Waals surface area contributed by atoms with Crippen molar-refractivity contribution in [1.29, 1.82) is 0 Å². The summed E-state index contributed by atoms with van der Waals surface area (Å²) in [6.07, 6.45) is 7.77. The number of nitrogens with one attached hydrogen (secondary N) is 1. The summed E-state index contributed by atoms with van der Waals surface area (Å²) in [6.45, 7) is 3.39. The van der Waals surface area contributed by atoms with Crippen molar-refractivity contribution in [1.82, 2.24) is 20.0 Å². The highest BCUT2D eigenvalue weighted by Gasteiger charge is 2.22. The predicted molar refractivity (Wildman–Crippen MR) is 99.5 cm³/mol. The van der Waals surface area contributed by atoms with Crippen LogP contribution in [0.25, 0.3) is 0 Å². The quantitative estimate of drug-likeness (QED) is 0.824. The number of hydrogen-bond acceptors (Lipinski definition) is 3. The van der Waals surface area contributed by atoms with E-state index < -0.39 is 0 Å². The van der Waals surface area contributed by atoms with E-state index in [9.17, 15) is 4.79 Å². The molecule has 1 atom stereocenters. The van der Waals surface area contributed by atoms with E-state index in [2.05, 4.69) is 27.4 Å². The first-order valence-electron chi connectivity index (χ1n) is 8.96. The molecule has 1 fully saturated rings. The fraction of sp³-hybridized carbons (Fsp3) is 0.474. The number of carbonyl (C=O) groups excluding carboxylic acids is 1. The van der Waals surface area contributed by atoms with Gasteiger partial charge in [-0.3, -0.25) is 14.4 Å². The third-order valence-corrected chi connectivity index (χ3v) is 4.96. The molecular weight excluding hydrogens is 336 g/mol. The predicted octanol–water partition coefficient (Wildman–Crippen LogP) is 3.27. The average Bonchev–Trinajstić information content (AvgIpc) is 3.16. The lowest BCUT2D eigenvalue weighted by molar-refractivity contribution is -0.121. The fourth-order valence-corrected chi connectivity index (χ4v) is 3.45. The molecule has 0 bridgehead atoms. The standard InChI is InChI=1S/C19H25ClN4O/c20-17-7-5-16(6-8-17)18(23-11-2-1-3-12-23)15-21-19(25)9-14-24-13-4-10-22-24/h4-8,10,13,18H,1-3,9,11-12,14-15H2,(H,21,25). The monoisotopic (exact) mass is 360 g/mol. The van der Waals surface area contributed by atoms with Crippen LogP contribution >= 0.6 is 11.6 Å². The van der Waals surface area contributed by atoms with Crippen molar-refractivity contribution in [3.8, 4) is 0 Å². The summed E-state index contributed by atoms with van der Waals surface area (Å²) in [5.74, 6) is 0.0615. The number of hydrogen-bond donors (Lipinski definition) is 1. The Bertz CT molecular complexity index is 651. The molecule has 6 heteroatoms. The second-order valence-electron chi connectivity index (χ2n) is 6.49. The van der Waals surface area contributed by atoms with E-state index in [1.807, 2.05) is 24.4 Å². The molecule has 134 valence electrons. The van der Waals surface area contributed by atoms with Crippen LogP contribution < -0.4 is 5.32 Å². The van der Waals surface area contributed by atoms with Gasteiger partial charge in [-0.1, -0.05) is 30.2 Å². The Hall–Kier alpha value is -1.85. The highest BCUT2D eigenvalue weighted by Crippen LogP contribution is 2.25. The molecular formula is C19H25ClN4O. The molecule has 1 saturated heterocycles. The molecule has 0 saturated carbocycles. The minimum absolute atomic E-state index is 0.0615. The Labute approximate surface area is 154 Å². The molecule has 2 aromatic rings. The van der Waals surface area contributed by atoms with Crippen LogP contribution in [0, 0.1) is 0 Å². The van der Waals surface area contributed by atoms with Gasteiger partial charge in [-0.05, 0) is 49.7 Å². The summed E-state index contributed by atoms with van der Waals surface area (Å²) in [4.78, 5) is 14.7. The van der Waals surface area contributed by atoms with Crippen molar-refractivity contribution in [3.05, 3.63) is 53.3 Å². The zero-order chi connectivity index (χ0) is 17.5. The van der Waals surface area contributed by atoms with Crippen LogP contribution in [0.5, 0.6) is 0 Å². The Morgan fingerprint density at radius 2 is 1.96 bits per heavy atom. The summed E-state index contributed by atoms with van der Waals surface area (Å²) in [6, 6.07) is 10.0. The first-order chi connectivity index (χ1) is 12.2. The van der Waals surface area contributed by atoms with Crippen molar-refractivity contribution < 1.29 is 4.79 Å². The zero-order valence-electron chi connectivity index (χ0n) is 14.4. The third-order valence-electron chi connectivity index (χ3n) is 4.71. The molecule has 0 radical (unpaired) electrons. The highest BCUT2D eigenvalue weighted by molar-refractivity contribution is 6.30. The second-order valence-corrected chi connectivity index (χ2v) is 6.92. The summed E-state index contributed by atoms with van der Waals surface area (Å²) in [5, 5.41) is 7.97. The minimum atomic E-state index is 0.0615. The number of likely N-dealkylation sites (tertiary alicyclic amines) is 1. The van der Waals surface area contributed by atoms with Crippen molar-refractivity contribution in [2.45, 2.75) is 38.3 Å². The van der Waals surface area contributed by atoms with E-state index in [1.54, 1.807) is 10.9 Å². The molecule has 5 nitrogen and oxygen atoms in total. The van der Waals surface area contributed by atoms with E-state index in [0.29, 0.717) is 19.5 Å². The van der Waals surface area contributed by atoms with E-state index in [-0.39, 0.29) is 11.9 Å². The Morgan fingerprint density at radius 3 is 2.64 bits per heavy atom. The Morgan fingerprint density at radius 1 is 1.20 bits per heavy atom. The lowest BCUT2D eigenvalue weighted by atomic mass is 10.0. The summed E-state index contributed by atoms with van der Waals surface area (Å²) < 4.78 is 1.78. The number of aryl methyl sites for hydroxylation is 1. The van der Waals surface area contributed by atoms with Crippen LogP contribution in [0.1, 0.15) is 37.3 Å². The number of aromatic nitrogens is 2. The van der Waals surface area contributed by atoms with Gasteiger partial charge < -0.3 is 5.32 Å². The molecule has 2 heterocycles. The number of nitrogens with zero attached hydrogens (tertiary/aromatic N) is 3. The molecule has 1 aromatic heterocycles. The molecule has 1 N–H and O–H groups in total. The maximum atomic E-state index is 12.2. The zero-order valence-corrected chi connectivity index (χ0v) is 15.2. The van der Waals surface area contributed by atoms with Crippen LogP contribution in [0.4, 0.5) is 0 Å². The fourth-order valence-electron chi connectivity index (χ4n) is 3.32. The Kier molecular flexibility index (Phi) is 6.48. The smallest absolute Gasteiger partial charge is 0.221 e. The van der Waals surface area contributed by atoms with E-state index in [4.69, 9.17) is 11.6 Å². The van der Waals surface area contributed by atoms with Gasteiger partial charge in [0.05, 0.1) is 6.04 Å². The van der Waals surface area contributed by atoms with Gasteiger partial charge in [-0.15, -0.1) is 0 Å². The van der Waals surface area contributed by atoms with Crippen LogP contribution in [0.2, 0.25) is 5.02 Å². The number of benzene rings is 1. The van der Waals surface area contributed by atoms with Gasteiger partial charge in [0.2, 0.25) is 5.91 Å². The van der Waals surface area contributed by atoms with Crippen molar-refractivity contribution in [2.24, 2.45) is 0 Å². The number of rotatable bonds is 7. The molecule has 1 aliphatic rings. The van der Waals surface area contributed by atoms with Crippen molar-refractivity contribution in [2.75, 3.05) is 19.6 Å². The van der Waals surface area contributed by atoms with Crippen LogP contribution in [-0.2, 0) is 11.3 Å². The van der Waals surface area contributed by atoms with Gasteiger partial charge in [-0.25, -0.2) is 0 Å². The topological polar surface area (TPSA) is 50.2 Å². The second kappa shape index (κ2) is 9.02. The van der Waals surface area contributed by atoms with E-state index in [1.165, 1.54) is 24.8 Å². The van der Waals surface area contributed by atoms with Gasteiger partial charge in [0.1, 0.15) is 0 Å². The van der Waals surface area contributed by atoms with Gasteiger partial charge in [0.25, 0.3) is 0 Å². The third kappa shape index (κ3) is 5.31. The van der Waals surface area contributed by atoms with Gasteiger partial charge >= 0.3 is 0 Å². The summed E-state index contributed by atoms with van der Waals surface area (Å²) in [7, 11) is 0.